The van der Waals surface area contributed by atoms with Crippen LogP contribution in [0.4, 0.5) is 0 Å². The van der Waals surface area contributed by atoms with Gasteiger partial charge in [0.2, 0.25) is 0 Å². The number of rotatable bonds is 5. The number of carboxylic acid groups (broad SMARTS) is 2. The number of fused-ring (bicyclic) bond motifs is 9. The maximum atomic E-state index is 12.0. The summed E-state index contributed by atoms with van der Waals surface area (Å²) in [5.74, 6) is 11.4. The van der Waals surface area contributed by atoms with Gasteiger partial charge in [-0.05, 0) is 259 Å². The van der Waals surface area contributed by atoms with Gasteiger partial charge in [-0.25, -0.2) is 0 Å². The highest BCUT2D eigenvalue weighted by Crippen LogP contribution is 2.67. The van der Waals surface area contributed by atoms with E-state index in [2.05, 4.69) is 76.2 Å². The molecule has 4 heteroatoms. The summed E-state index contributed by atoms with van der Waals surface area (Å²) in [4.78, 5) is 23.9. The molecule has 0 heterocycles. The smallest absolute Gasteiger partial charge is 0.309 e. The van der Waals surface area contributed by atoms with E-state index in [4.69, 9.17) is 0 Å². The van der Waals surface area contributed by atoms with Crippen LogP contribution < -0.4 is 0 Å². The molecule has 9 rings (SSSR count). The molecule has 372 valence electrons. The van der Waals surface area contributed by atoms with Gasteiger partial charge in [0.15, 0.2) is 0 Å². The molecular weight excluding hydrogens is 785 g/mol. The lowest BCUT2D eigenvalue weighted by Gasteiger charge is -2.61. The Bertz CT molecular complexity index is 1540. The molecule has 9 fully saturated rings. The number of aliphatic carboxylic acids is 2. The molecule has 0 aromatic heterocycles. The third-order valence-electron chi connectivity index (χ3n) is 24.1. The molecule has 17 unspecified atom stereocenters. The Balaban J connectivity index is 0.000000183. The fourth-order valence-corrected chi connectivity index (χ4v) is 20.3. The molecular formula is C60H108O4. The predicted octanol–water partition coefficient (Wildman–Crippen LogP) is 17.5. The molecule has 64 heavy (non-hydrogen) atoms. The van der Waals surface area contributed by atoms with Crippen LogP contribution in [0.15, 0.2) is 0 Å². The minimum atomic E-state index is -0.544. The highest BCUT2D eigenvalue weighted by Gasteiger charge is 2.61. The molecule has 0 bridgehead atoms. The van der Waals surface area contributed by atoms with Gasteiger partial charge in [-0.1, -0.05) is 95.4 Å². The van der Waals surface area contributed by atoms with Crippen LogP contribution in [-0.2, 0) is 9.59 Å². The highest BCUT2D eigenvalue weighted by atomic mass is 16.4. The van der Waals surface area contributed by atoms with Crippen molar-refractivity contribution in [3.05, 3.63) is 0 Å². The third kappa shape index (κ3) is 9.12. The number of carbonyl (C=O) groups is 2. The first-order chi connectivity index (χ1) is 29.9. The van der Waals surface area contributed by atoms with Gasteiger partial charge in [-0.2, -0.15) is 0 Å². The van der Waals surface area contributed by atoms with Crippen LogP contribution in [0, 0.1) is 121 Å². The Kier molecular flexibility index (Phi) is 15.1. The van der Waals surface area contributed by atoms with E-state index in [9.17, 15) is 19.8 Å². The molecule has 0 saturated heterocycles. The maximum absolute atomic E-state index is 12.0. The van der Waals surface area contributed by atoms with Crippen molar-refractivity contribution in [2.24, 2.45) is 121 Å². The Morgan fingerprint density at radius 3 is 1.02 bits per heavy atom. The van der Waals surface area contributed by atoms with Crippen molar-refractivity contribution in [3.63, 3.8) is 0 Å². The van der Waals surface area contributed by atoms with Crippen molar-refractivity contribution in [1.82, 2.24) is 0 Å². The molecule has 0 aromatic rings. The van der Waals surface area contributed by atoms with E-state index in [0.717, 1.165) is 115 Å². The van der Waals surface area contributed by atoms with Gasteiger partial charge in [0, 0.05) is 2.85 Å². The summed E-state index contributed by atoms with van der Waals surface area (Å²) in [5.41, 5.74) is 0.867. The maximum Gasteiger partial charge on any atom is 0.309 e. The van der Waals surface area contributed by atoms with Crippen LogP contribution >= 0.6 is 0 Å². The van der Waals surface area contributed by atoms with Crippen molar-refractivity contribution in [2.45, 2.75) is 244 Å². The molecule has 4 nitrogen and oxygen atoms in total. The zero-order valence-corrected chi connectivity index (χ0v) is 44.3. The first-order valence-corrected chi connectivity index (χ1v) is 28.4. The number of carboxylic acids is 2. The van der Waals surface area contributed by atoms with E-state index in [1.54, 1.807) is 6.42 Å². The van der Waals surface area contributed by atoms with Gasteiger partial charge in [0.05, 0.1) is 10.8 Å². The molecule has 0 amide bonds. The summed E-state index contributed by atoms with van der Waals surface area (Å²) < 4.78 is 0. The topological polar surface area (TPSA) is 74.6 Å². The Morgan fingerprint density at radius 2 is 0.703 bits per heavy atom. The summed E-state index contributed by atoms with van der Waals surface area (Å²) in [6.07, 6.45) is 31.7. The van der Waals surface area contributed by atoms with Crippen molar-refractivity contribution in [2.75, 3.05) is 0 Å². The van der Waals surface area contributed by atoms with Crippen LogP contribution in [0.25, 0.3) is 0 Å². The van der Waals surface area contributed by atoms with Gasteiger partial charge < -0.3 is 10.2 Å². The molecule has 9 saturated carbocycles. The minimum Gasteiger partial charge on any atom is -0.481 e. The monoisotopic (exact) mass is 893 g/mol. The predicted molar refractivity (Wildman–Crippen MR) is 271 cm³/mol. The van der Waals surface area contributed by atoms with Gasteiger partial charge in [-0.3, -0.25) is 9.59 Å². The number of hydrogen-bond donors (Lipinski definition) is 2. The van der Waals surface area contributed by atoms with Crippen molar-refractivity contribution in [1.29, 1.82) is 0 Å². The van der Waals surface area contributed by atoms with Gasteiger partial charge in [-0.15, -0.1) is 0 Å². The zero-order chi connectivity index (χ0) is 46.8. The lowest BCUT2D eigenvalue weighted by atomic mass is 9.43. The molecule has 0 aliphatic heterocycles. The second-order valence-electron chi connectivity index (χ2n) is 28.5. The second kappa shape index (κ2) is 19.0. The molecule has 0 radical (unpaired) electrons. The molecule has 9 aliphatic rings. The first kappa shape index (κ1) is 50.8. The Morgan fingerprint density at radius 1 is 0.406 bits per heavy atom. The second-order valence-corrected chi connectivity index (χ2v) is 28.5. The van der Waals surface area contributed by atoms with E-state index < -0.39 is 22.8 Å². The average Bonchev–Trinajstić information content (AvgIpc) is 3.23. The Hall–Kier alpha value is -1.06. The lowest BCUT2D eigenvalue weighted by molar-refractivity contribution is -0.173. The molecule has 2 N–H and O–H groups in total. The Labute approximate surface area is 398 Å². The van der Waals surface area contributed by atoms with Crippen molar-refractivity contribution >= 4 is 11.9 Å². The summed E-state index contributed by atoms with van der Waals surface area (Å²) >= 11 is 0. The quantitative estimate of drug-likeness (QED) is 0.288. The van der Waals surface area contributed by atoms with E-state index in [0.29, 0.717) is 22.7 Å². The van der Waals surface area contributed by atoms with Crippen LogP contribution in [0.3, 0.4) is 0 Å². The van der Waals surface area contributed by atoms with Crippen LogP contribution in [0.2, 0.25) is 0 Å². The lowest BCUT2D eigenvalue weighted by Crippen LogP contribution is -2.56. The third-order valence-corrected chi connectivity index (χ3v) is 24.1. The van der Waals surface area contributed by atoms with Crippen LogP contribution in [0.1, 0.15) is 247 Å². The fourth-order valence-electron chi connectivity index (χ4n) is 20.3. The van der Waals surface area contributed by atoms with E-state index in [1.165, 1.54) is 109 Å². The van der Waals surface area contributed by atoms with Crippen molar-refractivity contribution in [3.8, 4) is 0 Å². The summed E-state index contributed by atoms with van der Waals surface area (Å²) in [6, 6.07) is 0. The SMILES string of the molecule is CC(C)C1CCC2C(CCC3C(C)(C(=O)O)CCCC23C)C1.CC(C)C1CCC2C(CCC3C(C)(C(=O)O)CCCC23C)C1.CC(C)C1CCC2C(CCC3C(C)(C)CCCC23C)C1.[HH].[HH]. The fraction of sp³-hybridized carbons (Fsp3) is 0.967. The van der Waals surface area contributed by atoms with E-state index in [1.807, 2.05) is 13.8 Å². The molecule has 9 aliphatic carbocycles. The zero-order valence-electron chi connectivity index (χ0n) is 44.3. The normalized spacial score (nSPS) is 48.3. The van der Waals surface area contributed by atoms with Gasteiger partial charge >= 0.3 is 11.9 Å². The minimum absolute atomic E-state index is 0. The molecule has 0 spiro atoms. The molecule has 17 atom stereocenters. The van der Waals surface area contributed by atoms with Gasteiger partial charge in [0.25, 0.3) is 0 Å². The van der Waals surface area contributed by atoms with Crippen molar-refractivity contribution < 1.29 is 22.7 Å². The summed E-state index contributed by atoms with van der Waals surface area (Å²) in [7, 11) is 0. The average molecular weight is 894 g/mol. The standard InChI is InChI=1S/2C20H34O2.C20H36.2H2/c2*1-13(2)14-6-8-16-15(12-14)7-9-17-19(16,3)10-5-11-20(17,4)18(21)22;1-14(2)15-7-9-17-16(13-15)8-10-18-19(3,4)11-6-12-20(17,18)5;;/h2*13-17H,5-12H2,1-4H3,(H,21,22);14-18H,6-13H2,1-5H3;2*1H. The van der Waals surface area contributed by atoms with E-state index >= 15 is 0 Å². The highest BCUT2D eigenvalue weighted by molar-refractivity contribution is 5.75. The van der Waals surface area contributed by atoms with Crippen LogP contribution in [0.5, 0.6) is 0 Å². The van der Waals surface area contributed by atoms with Crippen LogP contribution in [-0.4, -0.2) is 22.2 Å². The summed E-state index contributed by atoms with van der Waals surface area (Å²) in [6.45, 7) is 31.2. The summed E-state index contributed by atoms with van der Waals surface area (Å²) in [5, 5.41) is 19.7. The molecule has 0 aromatic carbocycles. The largest absolute Gasteiger partial charge is 0.481 e. The van der Waals surface area contributed by atoms with Gasteiger partial charge in [0.1, 0.15) is 0 Å². The first-order valence-electron chi connectivity index (χ1n) is 28.4. The number of hydrogen-bond acceptors (Lipinski definition) is 2. The van der Waals surface area contributed by atoms with E-state index in [-0.39, 0.29) is 13.7 Å².